The van der Waals surface area contributed by atoms with Crippen LogP contribution in [0.2, 0.25) is 0 Å². The lowest BCUT2D eigenvalue weighted by atomic mass is 9.99. The van der Waals surface area contributed by atoms with Crippen molar-refractivity contribution in [3.63, 3.8) is 0 Å². The van der Waals surface area contributed by atoms with Gasteiger partial charge in [-0.2, -0.15) is 0 Å². The van der Waals surface area contributed by atoms with E-state index in [0.29, 0.717) is 6.54 Å². The standard InChI is InChI=1S/C12H21NO2.H2/c1-2-3-4-5-8-13-12(14)11-6-9-15-10-7-11;/h4-5,11H,2-3,6-10H2,1H3,(H,13,14);1H/b5-4+;. The first-order chi connectivity index (χ1) is 7.34. The number of hydrogen-bond donors (Lipinski definition) is 1. The summed E-state index contributed by atoms with van der Waals surface area (Å²) in [5.41, 5.74) is 0. The fourth-order valence-electron chi connectivity index (χ4n) is 1.63. The summed E-state index contributed by atoms with van der Waals surface area (Å²) in [5, 5.41) is 2.93. The molecule has 1 heterocycles. The van der Waals surface area contributed by atoms with Crippen molar-refractivity contribution >= 4 is 5.91 Å². The maximum absolute atomic E-state index is 11.6. The zero-order valence-electron chi connectivity index (χ0n) is 9.50. The Morgan fingerprint density at radius 2 is 2.20 bits per heavy atom. The van der Waals surface area contributed by atoms with Gasteiger partial charge in [0.1, 0.15) is 0 Å². The average Bonchev–Trinajstić information content (AvgIpc) is 2.30. The first kappa shape index (κ1) is 12.2. The van der Waals surface area contributed by atoms with Crippen molar-refractivity contribution in [1.82, 2.24) is 5.32 Å². The van der Waals surface area contributed by atoms with Crippen LogP contribution in [0.3, 0.4) is 0 Å². The number of allylic oxidation sites excluding steroid dienone is 1. The Labute approximate surface area is 93.4 Å². The van der Waals surface area contributed by atoms with Crippen LogP contribution in [-0.4, -0.2) is 25.7 Å². The van der Waals surface area contributed by atoms with E-state index in [-0.39, 0.29) is 13.3 Å². The molecule has 1 N–H and O–H groups in total. The Bertz CT molecular complexity index is 213. The SMILES string of the molecule is CCC/C=C/CNC(=O)C1CCOCC1.[HH]. The largest absolute Gasteiger partial charge is 0.381 e. The summed E-state index contributed by atoms with van der Waals surface area (Å²) in [6.45, 7) is 4.26. The van der Waals surface area contributed by atoms with E-state index in [2.05, 4.69) is 18.3 Å². The molecule has 1 aliphatic heterocycles. The molecule has 0 unspecified atom stereocenters. The topological polar surface area (TPSA) is 38.3 Å². The molecule has 0 saturated carbocycles. The molecule has 1 saturated heterocycles. The predicted octanol–water partition coefficient (Wildman–Crippen LogP) is 2.13. The van der Waals surface area contributed by atoms with Crippen LogP contribution >= 0.6 is 0 Å². The van der Waals surface area contributed by atoms with Crippen LogP contribution in [0.5, 0.6) is 0 Å². The van der Waals surface area contributed by atoms with Crippen molar-refractivity contribution in [2.24, 2.45) is 5.92 Å². The van der Waals surface area contributed by atoms with Gasteiger partial charge in [0, 0.05) is 27.1 Å². The van der Waals surface area contributed by atoms with Gasteiger partial charge in [0.15, 0.2) is 0 Å². The minimum Gasteiger partial charge on any atom is -0.381 e. The lowest BCUT2D eigenvalue weighted by Crippen LogP contribution is -2.34. The van der Waals surface area contributed by atoms with Gasteiger partial charge < -0.3 is 10.1 Å². The number of carbonyl (C=O) groups excluding carboxylic acids is 1. The molecule has 0 aliphatic carbocycles. The summed E-state index contributed by atoms with van der Waals surface area (Å²) < 4.78 is 5.21. The second-order valence-electron chi connectivity index (χ2n) is 3.89. The summed E-state index contributed by atoms with van der Waals surface area (Å²) in [6.07, 6.45) is 8.12. The van der Waals surface area contributed by atoms with Gasteiger partial charge in [-0.3, -0.25) is 4.79 Å². The van der Waals surface area contributed by atoms with E-state index in [0.717, 1.165) is 38.9 Å². The van der Waals surface area contributed by atoms with E-state index < -0.39 is 0 Å². The van der Waals surface area contributed by atoms with E-state index in [1.165, 1.54) is 0 Å². The van der Waals surface area contributed by atoms with Gasteiger partial charge in [-0.15, -0.1) is 0 Å². The van der Waals surface area contributed by atoms with Gasteiger partial charge in [0.05, 0.1) is 0 Å². The molecule has 0 aromatic carbocycles. The highest BCUT2D eigenvalue weighted by Crippen LogP contribution is 2.14. The Morgan fingerprint density at radius 3 is 2.87 bits per heavy atom. The average molecular weight is 213 g/mol. The number of unbranched alkanes of at least 4 members (excludes halogenated alkanes) is 1. The highest BCUT2D eigenvalue weighted by Gasteiger charge is 2.20. The van der Waals surface area contributed by atoms with Crippen molar-refractivity contribution in [2.45, 2.75) is 32.6 Å². The van der Waals surface area contributed by atoms with Gasteiger partial charge in [0.2, 0.25) is 5.91 Å². The van der Waals surface area contributed by atoms with Gasteiger partial charge >= 0.3 is 0 Å². The number of nitrogens with one attached hydrogen (secondary N) is 1. The third-order valence-electron chi connectivity index (χ3n) is 2.61. The molecule has 88 valence electrons. The van der Waals surface area contributed by atoms with E-state index in [1.807, 2.05) is 6.08 Å². The van der Waals surface area contributed by atoms with E-state index >= 15 is 0 Å². The van der Waals surface area contributed by atoms with E-state index in [1.54, 1.807) is 0 Å². The zero-order chi connectivity index (χ0) is 10.9. The number of hydrogen-bond acceptors (Lipinski definition) is 2. The minimum absolute atomic E-state index is 0. The highest BCUT2D eigenvalue weighted by atomic mass is 16.5. The molecule has 3 nitrogen and oxygen atoms in total. The van der Waals surface area contributed by atoms with Crippen LogP contribution < -0.4 is 5.32 Å². The van der Waals surface area contributed by atoms with Crippen LogP contribution in [0.4, 0.5) is 0 Å². The number of amides is 1. The summed E-state index contributed by atoms with van der Waals surface area (Å²) in [7, 11) is 0. The molecule has 1 fully saturated rings. The normalized spacial score (nSPS) is 18.2. The Kier molecular flexibility index (Phi) is 6.09. The van der Waals surface area contributed by atoms with Crippen LogP contribution in [0.1, 0.15) is 34.0 Å². The smallest absolute Gasteiger partial charge is 0.223 e. The second kappa shape index (κ2) is 7.46. The molecule has 1 rings (SSSR count). The molecule has 15 heavy (non-hydrogen) atoms. The van der Waals surface area contributed by atoms with Crippen LogP contribution in [0.15, 0.2) is 12.2 Å². The summed E-state index contributed by atoms with van der Waals surface area (Å²) >= 11 is 0. The fraction of sp³-hybridized carbons (Fsp3) is 0.750. The first-order valence-electron chi connectivity index (χ1n) is 5.85. The van der Waals surface area contributed by atoms with Crippen LogP contribution in [0, 0.1) is 5.92 Å². The minimum atomic E-state index is 0. The second-order valence-corrected chi connectivity index (χ2v) is 3.89. The van der Waals surface area contributed by atoms with Crippen molar-refractivity contribution in [3.05, 3.63) is 12.2 Å². The molecule has 0 aromatic rings. The predicted molar refractivity (Wildman–Crippen MR) is 62.7 cm³/mol. The third kappa shape index (κ3) is 4.98. The molecule has 3 heteroatoms. The Morgan fingerprint density at radius 1 is 1.47 bits per heavy atom. The molecular formula is C12H23NO2. The summed E-state index contributed by atoms with van der Waals surface area (Å²) in [4.78, 5) is 11.6. The zero-order valence-corrected chi connectivity index (χ0v) is 9.50. The first-order valence-corrected chi connectivity index (χ1v) is 5.85. The molecule has 0 bridgehead atoms. The third-order valence-corrected chi connectivity index (χ3v) is 2.61. The van der Waals surface area contributed by atoms with Gasteiger partial charge in [0.25, 0.3) is 0 Å². The molecular weight excluding hydrogens is 190 g/mol. The molecule has 1 aliphatic rings. The quantitative estimate of drug-likeness (QED) is 0.710. The Balaban J connectivity index is 0.00000225. The molecule has 0 aromatic heterocycles. The van der Waals surface area contributed by atoms with Gasteiger partial charge in [-0.1, -0.05) is 25.5 Å². The van der Waals surface area contributed by atoms with Gasteiger partial charge in [-0.25, -0.2) is 0 Å². The lowest BCUT2D eigenvalue weighted by Gasteiger charge is -2.20. The molecule has 1 amide bonds. The van der Waals surface area contributed by atoms with Crippen molar-refractivity contribution < 1.29 is 11.0 Å². The van der Waals surface area contributed by atoms with Crippen molar-refractivity contribution in [3.8, 4) is 0 Å². The van der Waals surface area contributed by atoms with Crippen LogP contribution in [-0.2, 0) is 9.53 Å². The van der Waals surface area contributed by atoms with E-state index in [4.69, 9.17) is 4.74 Å². The highest BCUT2D eigenvalue weighted by molar-refractivity contribution is 5.78. The van der Waals surface area contributed by atoms with Crippen molar-refractivity contribution in [2.75, 3.05) is 19.8 Å². The summed E-state index contributed by atoms with van der Waals surface area (Å²) in [6, 6.07) is 0. The molecule has 0 spiro atoms. The number of ether oxygens (including phenoxy) is 1. The molecule has 0 radical (unpaired) electrons. The fourth-order valence-corrected chi connectivity index (χ4v) is 1.63. The summed E-state index contributed by atoms with van der Waals surface area (Å²) in [5.74, 6) is 0.345. The number of rotatable bonds is 5. The monoisotopic (exact) mass is 213 g/mol. The number of carbonyl (C=O) groups is 1. The maximum atomic E-state index is 11.6. The van der Waals surface area contributed by atoms with Gasteiger partial charge in [-0.05, 0) is 19.3 Å². The van der Waals surface area contributed by atoms with E-state index in [9.17, 15) is 4.79 Å². The van der Waals surface area contributed by atoms with Crippen LogP contribution in [0.25, 0.3) is 0 Å². The Hall–Kier alpha value is -0.830. The molecule has 0 atom stereocenters. The lowest BCUT2D eigenvalue weighted by molar-refractivity contribution is -0.127. The van der Waals surface area contributed by atoms with Crippen molar-refractivity contribution in [1.29, 1.82) is 0 Å². The maximum Gasteiger partial charge on any atom is 0.223 e.